The lowest BCUT2D eigenvalue weighted by atomic mass is 9.99. The number of nitrogens with zero attached hydrogens (tertiary/aromatic N) is 3. The highest BCUT2D eigenvalue weighted by Gasteiger charge is 2.25. The van der Waals surface area contributed by atoms with Crippen molar-refractivity contribution in [1.82, 2.24) is 15.1 Å². The van der Waals surface area contributed by atoms with E-state index in [0.29, 0.717) is 18.2 Å². The number of piperidine rings is 2. The number of aliphatic imine (C=N–C) groups is 1. The first-order chi connectivity index (χ1) is 13.7. The van der Waals surface area contributed by atoms with Crippen molar-refractivity contribution in [3.63, 3.8) is 0 Å². The zero-order valence-corrected chi connectivity index (χ0v) is 18.4. The quantitative estimate of drug-likeness (QED) is 0.554. The van der Waals surface area contributed by atoms with Crippen LogP contribution in [0.15, 0.2) is 4.99 Å². The van der Waals surface area contributed by atoms with Gasteiger partial charge >= 0.3 is 0 Å². The molecule has 3 heterocycles. The number of guanidine groups is 1. The molecule has 3 unspecified atom stereocenters. The third kappa shape index (κ3) is 6.60. The summed E-state index contributed by atoms with van der Waals surface area (Å²) in [5, 5.41) is 3.62. The van der Waals surface area contributed by atoms with E-state index >= 15 is 0 Å². The van der Waals surface area contributed by atoms with Crippen molar-refractivity contribution in [2.45, 2.75) is 77.0 Å². The second-order valence-electron chi connectivity index (χ2n) is 9.03. The predicted octanol–water partition coefficient (Wildman–Crippen LogP) is 2.73. The Morgan fingerprint density at radius 3 is 2.64 bits per heavy atom. The van der Waals surface area contributed by atoms with Crippen LogP contribution in [0.2, 0.25) is 0 Å². The van der Waals surface area contributed by atoms with E-state index < -0.39 is 0 Å². The van der Waals surface area contributed by atoms with Gasteiger partial charge in [0.2, 0.25) is 0 Å². The van der Waals surface area contributed by atoms with Crippen molar-refractivity contribution < 1.29 is 9.47 Å². The fourth-order valence-electron chi connectivity index (χ4n) is 4.74. The molecule has 3 saturated heterocycles. The second kappa shape index (κ2) is 11.4. The molecule has 3 rings (SSSR count). The maximum absolute atomic E-state index is 6.15. The molecule has 3 atom stereocenters. The van der Waals surface area contributed by atoms with E-state index in [1.54, 1.807) is 0 Å². The van der Waals surface area contributed by atoms with Gasteiger partial charge < -0.3 is 19.7 Å². The van der Waals surface area contributed by atoms with Crippen LogP contribution in [0.1, 0.15) is 58.8 Å². The zero-order valence-electron chi connectivity index (χ0n) is 18.4. The van der Waals surface area contributed by atoms with Crippen LogP contribution in [0.25, 0.3) is 0 Å². The third-order valence-electron chi connectivity index (χ3n) is 6.61. The molecule has 28 heavy (non-hydrogen) atoms. The monoisotopic (exact) mass is 394 g/mol. The minimum absolute atomic E-state index is 0.320. The predicted molar refractivity (Wildman–Crippen MR) is 115 cm³/mol. The molecule has 0 aliphatic carbocycles. The van der Waals surface area contributed by atoms with Gasteiger partial charge in [0.1, 0.15) is 0 Å². The molecule has 0 bridgehead atoms. The Labute approximate surface area is 172 Å². The average molecular weight is 395 g/mol. The van der Waals surface area contributed by atoms with Gasteiger partial charge in [-0.05, 0) is 64.3 Å². The molecule has 3 aliphatic rings. The fourth-order valence-corrected chi connectivity index (χ4v) is 4.74. The second-order valence-corrected chi connectivity index (χ2v) is 9.03. The first-order valence-electron chi connectivity index (χ1n) is 11.6. The highest BCUT2D eigenvalue weighted by atomic mass is 16.5. The van der Waals surface area contributed by atoms with Crippen LogP contribution < -0.4 is 5.32 Å². The Morgan fingerprint density at radius 1 is 1.14 bits per heavy atom. The molecule has 0 saturated carbocycles. The van der Waals surface area contributed by atoms with Gasteiger partial charge in [-0.3, -0.25) is 9.89 Å². The Balaban J connectivity index is 1.35. The number of hydrogen-bond donors (Lipinski definition) is 1. The van der Waals surface area contributed by atoms with E-state index in [1.807, 2.05) is 7.05 Å². The number of nitrogens with one attached hydrogen (secondary N) is 1. The van der Waals surface area contributed by atoms with Crippen LogP contribution >= 0.6 is 0 Å². The van der Waals surface area contributed by atoms with Crippen molar-refractivity contribution in [3.05, 3.63) is 0 Å². The third-order valence-corrected chi connectivity index (χ3v) is 6.61. The van der Waals surface area contributed by atoms with Crippen LogP contribution in [0.4, 0.5) is 0 Å². The summed E-state index contributed by atoms with van der Waals surface area (Å²) in [5.74, 6) is 1.87. The SMILES string of the molecule is CN=C(NCC(C)N1CCCC(C)C1)N1CCC(OCC2CCCCO2)CC1. The van der Waals surface area contributed by atoms with Crippen LogP contribution in [0, 0.1) is 5.92 Å². The molecule has 0 aromatic heterocycles. The Hall–Kier alpha value is -0.850. The molecule has 6 heteroatoms. The molecule has 1 N–H and O–H groups in total. The van der Waals surface area contributed by atoms with Crippen molar-refractivity contribution in [3.8, 4) is 0 Å². The van der Waals surface area contributed by atoms with E-state index in [0.717, 1.165) is 64.0 Å². The maximum Gasteiger partial charge on any atom is 0.193 e. The lowest BCUT2D eigenvalue weighted by Gasteiger charge is -2.38. The number of likely N-dealkylation sites (tertiary alicyclic amines) is 2. The molecule has 0 spiro atoms. The van der Waals surface area contributed by atoms with E-state index in [1.165, 1.54) is 38.8 Å². The van der Waals surface area contributed by atoms with Crippen LogP contribution in [0.3, 0.4) is 0 Å². The molecule has 162 valence electrons. The lowest BCUT2D eigenvalue weighted by Crippen LogP contribution is -2.51. The summed E-state index contributed by atoms with van der Waals surface area (Å²) in [4.78, 5) is 9.56. The molecule has 0 aromatic carbocycles. The van der Waals surface area contributed by atoms with Crippen molar-refractivity contribution in [2.75, 3.05) is 53.0 Å². The van der Waals surface area contributed by atoms with Gasteiger partial charge in [0.05, 0.1) is 18.8 Å². The molecule has 0 aromatic rings. The smallest absolute Gasteiger partial charge is 0.193 e. The first-order valence-corrected chi connectivity index (χ1v) is 11.6. The van der Waals surface area contributed by atoms with E-state index in [9.17, 15) is 0 Å². The summed E-state index contributed by atoms with van der Waals surface area (Å²) in [5.41, 5.74) is 0. The summed E-state index contributed by atoms with van der Waals surface area (Å²) in [6, 6.07) is 0.552. The number of rotatable bonds is 6. The normalized spacial score (nSPS) is 29.7. The molecular formula is C22H42N4O2. The van der Waals surface area contributed by atoms with Crippen LogP contribution in [0.5, 0.6) is 0 Å². The van der Waals surface area contributed by atoms with Gasteiger partial charge in [-0.15, -0.1) is 0 Å². The van der Waals surface area contributed by atoms with Crippen LogP contribution in [-0.4, -0.2) is 87.0 Å². The van der Waals surface area contributed by atoms with Gasteiger partial charge in [0, 0.05) is 45.9 Å². The largest absolute Gasteiger partial charge is 0.376 e. The zero-order chi connectivity index (χ0) is 19.8. The standard InChI is InChI=1S/C22H42N4O2/c1-18-7-6-11-26(16-18)19(2)15-24-22(23-3)25-12-9-20(10-13-25)28-17-21-8-4-5-14-27-21/h18-21H,4-17H2,1-3H3,(H,23,24). The molecule has 0 amide bonds. The van der Waals surface area contributed by atoms with Gasteiger partial charge in [-0.25, -0.2) is 0 Å². The lowest BCUT2D eigenvalue weighted by molar-refractivity contribution is -0.0721. The first kappa shape index (κ1) is 21.8. The summed E-state index contributed by atoms with van der Waals surface area (Å²) in [6.07, 6.45) is 9.19. The summed E-state index contributed by atoms with van der Waals surface area (Å²) in [7, 11) is 1.90. The van der Waals surface area contributed by atoms with Gasteiger partial charge in [0.15, 0.2) is 5.96 Å². The average Bonchev–Trinajstić information content (AvgIpc) is 2.74. The minimum Gasteiger partial charge on any atom is -0.376 e. The van der Waals surface area contributed by atoms with E-state index in [2.05, 4.69) is 34.0 Å². The number of ether oxygens (including phenoxy) is 2. The Bertz CT molecular complexity index is 473. The summed E-state index contributed by atoms with van der Waals surface area (Å²) in [6.45, 7) is 11.9. The Kier molecular flexibility index (Phi) is 8.87. The van der Waals surface area contributed by atoms with Crippen LogP contribution in [-0.2, 0) is 9.47 Å². The molecule has 3 aliphatic heterocycles. The topological polar surface area (TPSA) is 49.3 Å². The highest BCUT2D eigenvalue weighted by molar-refractivity contribution is 5.80. The van der Waals surface area contributed by atoms with E-state index in [-0.39, 0.29) is 0 Å². The molecule has 6 nitrogen and oxygen atoms in total. The van der Waals surface area contributed by atoms with Gasteiger partial charge in [0.25, 0.3) is 0 Å². The van der Waals surface area contributed by atoms with Crippen molar-refractivity contribution in [1.29, 1.82) is 0 Å². The fraction of sp³-hybridized carbons (Fsp3) is 0.955. The molecular weight excluding hydrogens is 352 g/mol. The van der Waals surface area contributed by atoms with Gasteiger partial charge in [-0.2, -0.15) is 0 Å². The molecule has 0 radical (unpaired) electrons. The Morgan fingerprint density at radius 2 is 1.96 bits per heavy atom. The van der Waals surface area contributed by atoms with Gasteiger partial charge in [-0.1, -0.05) is 6.92 Å². The summed E-state index contributed by atoms with van der Waals surface area (Å²) < 4.78 is 11.9. The van der Waals surface area contributed by atoms with E-state index in [4.69, 9.17) is 9.47 Å². The maximum atomic E-state index is 6.15. The van der Waals surface area contributed by atoms with Crippen molar-refractivity contribution >= 4 is 5.96 Å². The summed E-state index contributed by atoms with van der Waals surface area (Å²) >= 11 is 0. The highest BCUT2D eigenvalue weighted by Crippen LogP contribution is 2.19. The molecule has 3 fully saturated rings. The van der Waals surface area contributed by atoms with Crippen molar-refractivity contribution in [2.24, 2.45) is 10.9 Å². The minimum atomic E-state index is 0.320. The number of hydrogen-bond acceptors (Lipinski definition) is 4.